The summed E-state index contributed by atoms with van der Waals surface area (Å²) in [6.07, 6.45) is 4.88. The number of nitrogens with zero attached hydrogens (tertiary/aromatic N) is 6. The summed E-state index contributed by atoms with van der Waals surface area (Å²) in [7, 11) is 3.14. The van der Waals surface area contributed by atoms with Crippen LogP contribution in [0.4, 0.5) is 5.95 Å². The number of benzene rings is 1. The van der Waals surface area contributed by atoms with Crippen LogP contribution in [0.25, 0.3) is 11.2 Å². The van der Waals surface area contributed by atoms with E-state index >= 15 is 0 Å². The molecule has 9 nitrogen and oxygen atoms in total. The topological polar surface area (TPSA) is 80.3 Å². The van der Waals surface area contributed by atoms with Gasteiger partial charge in [0.05, 0.1) is 6.54 Å². The number of nitrogens with one attached hydrogen (secondary N) is 1. The van der Waals surface area contributed by atoms with Crippen LogP contribution in [0.3, 0.4) is 0 Å². The highest BCUT2D eigenvalue weighted by atomic mass is 35.5. The number of rotatable bonds is 4. The molecule has 2 aliphatic rings. The minimum Gasteiger partial charge on any atom is -0.360 e. The number of hydrogen-bond donors (Lipinski definition) is 1. The Morgan fingerprint density at radius 1 is 1.09 bits per heavy atom. The van der Waals surface area contributed by atoms with Gasteiger partial charge in [0.1, 0.15) is 0 Å². The van der Waals surface area contributed by atoms with Gasteiger partial charge in [-0.3, -0.25) is 18.5 Å². The first kappa shape index (κ1) is 23.9. The number of piperazine rings is 1. The molecule has 3 heterocycles. The first-order chi connectivity index (χ1) is 16.8. The molecule has 2 aromatic heterocycles. The molecule has 186 valence electrons. The molecular formula is C24H30ClN7O2S. The van der Waals surface area contributed by atoms with Gasteiger partial charge in [-0.2, -0.15) is 4.98 Å². The van der Waals surface area contributed by atoms with Crippen LogP contribution >= 0.6 is 23.8 Å². The van der Waals surface area contributed by atoms with Gasteiger partial charge in [-0.15, -0.1) is 0 Å². The van der Waals surface area contributed by atoms with Crippen LogP contribution in [0.1, 0.15) is 31.2 Å². The zero-order chi connectivity index (χ0) is 24.7. The fourth-order valence-electron chi connectivity index (χ4n) is 5.07. The maximum absolute atomic E-state index is 13.2. The SMILES string of the molecule is Cn1c(=O)c2c(nc(N3CCN(C(=S)NC4CCCC4)CC3)n2Cc2ccccc2Cl)n(C)c1=O. The smallest absolute Gasteiger partial charge is 0.332 e. The van der Waals surface area contributed by atoms with E-state index in [1.807, 2.05) is 28.8 Å². The molecule has 0 atom stereocenters. The van der Waals surface area contributed by atoms with Gasteiger partial charge in [0.25, 0.3) is 5.56 Å². The Balaban J connectivity index is 1.48. The van der Waals surface area contributed by atoms with E-state index in [0.29, 0.717) is 47.8 Å². The molecule has 1 aliphatic carbocycles. The number of imidazole rings is 1. The van der Waals surface area contributed by atoms with E-state index in [0.717, 1.165) is 28.3 Å². The van der Waals surface area contributed by atoms with Crippen LogP contribution in [0.2, 0.25) is 5.02 Å². The van der Waals surface area contributed by atoms with Gasteiger partial charge in [0, 0.05) is 51.3 Å². The van der Waals surface area contributed by atoms with Crippen molar-refractivity contribution in [1.82, 2.24) is 28.9 Å². The summed E-state index contributed by atoms with van der Waals surface area (Å²) in [6.45, 7) is 3.29. The molecule has 1 aromatic carbocycles. The molecule has 3 aromatic rings. The molecule has 1 aliphatic heterocycles. The second-order valence-corrected chi connectivity index (χ2v) is 10.2. The van der Waals surface area contributed by atoms with E-state index in [2.05, 4.69) is 15.1 Å². The molecule has 5 rings (SSSR count). The molecule has 0 unspecified atom stereocenters. The lowest BCUT2D eigenvalue weighted by Crippen LogP contribution is -2.53. The van der Waals surface area contributed by atoms with E-state index in [1.54, 1.807) is 7.05 Å². The Bertz CT molecular complexity index is 1380. The maximum Gasteiger partial charge on any atom is 0.332 e. The van der Waals surface area contributed by atoms with Crippen molar-refractivity contribution in [1.29, 1.82) is 0 Å². The Hall–Kier alpha value is -2.85. The summed E-state index contributed by atoms with van der Waals surface area (Å²) in [5.74, 6) is 0.660. The summed E-state index contributed by atoms with van der Waals surface area (Å²) >= 11 is 12.2. The molecule has 1 saturated carbocycles. The summed E-state index contributed by atoms with van der Waals surface area (Å²) in [6, 6.07) is 8.06. The first-order valence-corrected chi connectivity index (χ1v) is 12.8. The van der Waals surface area contributed by atoms with E-state index in [4.69, 9.17) is 28.8 Å². The van der Waals surface area contributed by atoms with Crippen molar-refractivity contribution in [2.45, 2.75) is 38.3 Å². The standard InChI is InChI=1S/C24H30ClN7O2S/c1-28-20-19(21(33)29(2)24(28)34)32(15-16-7-3-6-10-18(16)25)22(27-20)30-11-13-31(14-12-30)23(35)26-17-8-4-5-9-17/h3,6-7,10,17H,4-5,8-9,11-15H2,1-2H3,(H,26,35). The lowest BCUT2D eigenvalue weighted by molar-refractivity contribution is 0.370. The molecule has 2 fully saturated rings. The third-order valence-electron chi connectivity index (χ3n) is 7.15. The van der Waals surface area contributed by atoms with Crippen LogP contribution in [0.5, 0.6) is 0 Å². The molecule has 1 N–H and O–H groups in total. The highest BCUT2D eigenvalue weighted by molar-refractivity contribution is 7.80. The average Bonchev–Trinajstić information content (AvgIpc) is 3.51. The predicted molar refractivity (Wildman–Crippen MR) is 143 cm³/mol. The molecule has 35 heavy (non-hydrogen) atoms. The van der Waals surface area contributed by atoms with Crippen LogP contribution in [0.15, 0.2) is 33.9 Å². The van der Waals surface area contributed by atoms with Crippen molar-refractivity contribution >= 4 is 46.0 Å². The lowest BCUT2D eigenvalue weighted by atomic mass is 10.2. The highest BCUT2D eigenvalue weighted by Crippen LogP contribution is 2.25. The minimum atomic E-state index is -0.399. The van der Waals surface area contributed by atoms with Gasteiger partial charge in [-0.1, -0.05) is 42.6 Å². The van der Waals surface area contributed by atoms with E-state index in [9.17, 15) is 9.59 Å². The van der Waals surface area contributed by atoms with Gasteiger partial charge < -0.3 is 15.1 Å². The van der Waals surface area contributed by atoms with Gasteiger partial charge in [-0.25, -0.2) is 4.79 Å². The Morgan fingerprint density at radius 2 is 1.77 bits per heavy atom. The van der Waals surface area contributed by atoms with Gasteiger partial charge >= 0.3 is 5.69 Å². The first-order valence-electron chi connectivity index (χ1n) is 12.0. The zero-order valence-corrected chi connectivity index (χ0v) is 21.6. The third-order valence-corrected chi connectivity index (χ3v) is 7.89. The van der Waals surface area contributed by atoms with Crippen LogP contribution < -0.4 is 21.5 Å². The van der Waals surface area contributed by atoms with Gasteiger partial charge in [0.15, 0.2) is 16.3 Å². The molecule has 0 amide bonds. The summed E-state index contributed by atoms with van der Waals surface area (Å²) in [4.78, 5) is 35.0. The van der Waals surface area contributed by atoms with E-state index in [-0.39, 0.29) is 5.56 Å². The Morgan fingerprint density at radius 3 is 2.46 bits per heavy atom. The van der Waals surface area contributed by atoms with Crippen LogP contribution in [0, 0.1) is 0 Å². The fraction of sp³-hybridized carbons (Fsp3) is 0.500. The number of aryl methyl sites for hydroxylation is 1. The van der Waals surface area contributed by atoms with Crippen LogP contribution in [-0.2, 0) is 20.6 Å². The normalized spacial score (nSPS) is 16.9. The number of aromatic nitrogens is 4. The van der Waals surface area contributed by atoms with Crippen molar-refractivity contribution in [3.63, 3.8) is 0 Å². The third kappa shape index (κ3) is 4.45. The Labute approximate surface area is 213 Å². The van der Waals surface area contributed by atoms with Crippen molar-refractivity contribution in [2.24, 2.45) is 14.1 Å². The monoisotopic (exact) mass is 515 g/mol. The second kappa shape index (κ2) is 9.66. The number of hydrogen-bond acceptors (Lipinski definition) is 5. The largest absolute Gasteiger partial charge is 0.360 e. The fourth-order valence-corrected chi connectivity index (χ4v) is 5.61. The van der Waals surface area contributed by atoms with Gasteiger partial charge in [-0.05, 0) is 36.7 Å². The van der Waals surface area contributed by atoms with E-state index in [1.165, 1.54) is 37.3 Å². The van der Waals surface area contributed by atoms with Crippen molar-refractivity contribution in [3.05, 3.63) is 55.7 Å². The summed E-state index contributed by atoms with van der Waals surface area (Å²) in [5.41, 5.74) is 0.886. The molecular weight excluding hydrogens is 486 g/mol. The van der Waals surface area contributed by atoms with Gasteiger partial charge in [0.2, 0.25) is 5.95 Å². The second-order valence-electron chi connectivity index (χ2n) is 9.37. The number of thiocarbonyl (C=S) groups is 1. The predicted octanol–water partition coefficient (Wildman–Crippen LogP) is 2.07. The van der Waals surface area contributed by atoms with Crippen molar-refractivity contribution < 1.29 is 0 Å². The number of anilines is 1. The zero-order valence-electron chi connectivity index (χ0n) is 20.0. The maximum atomic E-state index is 13.2. The molecule has 1 saturated heterocycles. The lowest BCUT2D eigenvalue weighted by Gasteiger charge is -2.37. The Kier molecular flexibility index (Phi) is 6.59. The summed E-state index contributed by atoms with van der Waals surface area (Å²) < 4.78 is 4.45. The molecule has 0 radical (unpaired) electrons. The highest BCUT2D eigenvalue weighted by Gasteiger charge is 2.27. The number of fused-ring (bicyclic) bond motifs is 1. The quantitative estimate of drug-likeness (QED) is 0.533. The van der Waals surface area contributed by atoms with Crippen molar-refractivity contribution in [2.75, 3.05) is 31.1 Å². The molecule has 11 heteroatoms. The summed E-state index contributed by atoms with van der Waals surface area (Å²) in [5, 5.41) is 4.96. The number of halogens is 1. The molecule has 0 bridgehead atoms. The van der Waals surface area contributed by atoms with Crippen molar-refractivity contribution in [3.8, 4) is 0 Å². The average molecular weight is 516 g/mol. The minimum absolute atomic E-state index is 0.366. The van der Waals surface area contributed by atoms with E-state index < -0.39 is 5.69 Å². The molecule has 0 spiro atoms. The van der Waals surface area contributed by atoms with Crippen LogP contribution in [-0.4, -0.2) is 60.9 Å².